The largest absolute Gasteiger partial charge is 0.396 e. The number of anilines is 1. The van der Waals surface area contributed by atoms with Gasteiger partial charge in [0.15, 0.2) is 5.65 Å². The van der Waals surface area contributed by atoms with E-state index in [-0.39, 0.29) is 23.9 Å². The lowest BCUT2D eigenvalue weighted by atomic mass is 9.85. The second-order valence-corrected chi connectivity index (χ2v) is 5.29. The Hall–Kier alpha value is -1.40. The molecule has 2 unspecified atom stereocenters. The Morgan fingerprint density at radius 1 is 1.37 bits per heavy atom. The van der Waals surface area contributed by atoms with Crippen LogP contribution in [0, 0.1) is 5.92 Å². The van der Waals surface area contributed by atoms with Crippen LogP contribution in [0.25, 0.3) is 11.0 Å². The van der Waals surface area contributed by atoms with Crippen molar-refractivity contribution in [3.8, 4) is 0 Å². The molecule has 2 aromatic heterocycles. The smallest absolute Gasteiger partial charge is 0.226 e. The molecular formula is C12H16ClN5O. The lowest BCUT2D eigenvalue weighted by Crippen LogP contribution is -2.34. The third-order valence-corrected chi connectivity index (χ3v) is 3.92. The van der Waals surface area contributed by atoms with Gasteiger partial charge in [-0.05, 0) is 24.4 Å². The van der Waals surface area contributed by atoms with Crippen molar-refractivity contribution in [2.24, 2.45) is 5.92 Å². The van der Waals surface area contributed by atoms with E-state index in [4.69, 9.17) is 11.6 Å². The summed E-state index contributed by atoms with van der Waals surface area (Å²) in [4.78, 5) is 8.31. The van der Waals surface area contributed by atoms with E-state index in [1.54, 1.807) is 6.20 Å². The molecule has 1 aliphatic carbocycles. The topological polar surface area (TPSA) is 86.7 Å². The van der Waals surface area contributed by atoms with Crippen molar-refractivity contribution in [3.05, 3.63) is 11.5 Å². The van der Waals surface area contributed by atoms with Crippen LogP contribution in [0.3, 0.4) is 0 Å². The number of nitrogens with one attached hydrogen (secondary N) is 2. The van der Waals surface area contributed by atoms with Crippen LogP contribution in [-0.2, 0) is 0 Å². The normalized spacial score (nSPS) is 23.7. The summed E-state index contributed by atoms with van der Waals surface area (Å²) in [5.74, 6) is 0.957. The first-order valence-electron chi connectivity index (χ1n) is 6.52. The SMILES string of the molecule is OCC1CCCCC1Nc1nc(Cl)nc2[nH]ncc12. The summed E-state index contributed by atoms with van der Waals surface area (Å²) in [5, 5.41) is 20.6. The Morgan fingerprint density at radius 3 is 3.05 bits per heavy atom. The second-order valence-electron chi connectivity index (χ2n) is 4.95. The van der Waals surface area contributed by atoms with Gasteiger partial charge >= 0.3 is 0 Å². The number of hydrogen-bond donors (Lipinski definition) is 3. The third-order valence-electron chi connectivity index (χ3n) is 3.75. The van der Waals surface area contributed by atoms with Crippen LogP contribution in [0.5, 0.6) is 0 Å². The molecule has 102 valence electrons. The first kappa shape index (κ1) is 12.6. The fourth-order valence-corrected chi connectivity index (χ4v) is 2.88. The Bertz CT molecular complexity index is 572. The molecule has 2 heterocycles. The molecule has 6 nitrogen and oxygen atoms in total. The van der Waals surface area contributed by atoms with Crippen LogP contribution in [0.1, 0.15) is 25.7 Å². The summed E-state index contributed by atoms with van der Waals surface area (Å²) in [6.07, 6.45) is 6.11. The lowest BCUT2D eigenvalue weighted by molar-refractivity contribution is 0.178. The Labute approximate surface area is 115 Å². The maximum absolute atomic E-state index is 9.45. The molecule has 1 saturated carbocycles. The van der Waals surface area contributed by atoms with Crippen LogP contribution < -0.4 is 5.32 Å². The number of rotatable bonds is 3. The zero-order chi connectivity index (χ0) is 13.2. The van der Waals surface area contributed by atoms with Gasteiger partial charge in [0.2, 0.25) is 5.28 Å². The van der Waals surface area contributed by atoms with Crippen molar-refractivity contribution in [2.75, 3.05) is 11.9 Å². The van der Waals surface area contributed by atoms with Gasteiger partial charge in [-0.1, -0.05) is 12.8 Å². The molecule has 7 heteroatoms. The van der Waals surface area contributed by atoms with Crippen LogP contribution in [-0.4, -0.2) is 37.9 Å². The molecule has 19 heavy (non-hydrogen) atoms. The number of nitrogens with zero attached hydrogens (tertiary/aromatic N) is 3. The molecule has 2 aromatic rings. The highest BCUT2D eigenvalue weighted by molar-refractivity contribution is 6.28. The molecule has 0 saturated heterocycles. The van der Waals surface area contributed by atoms with Crippen molar-refractivity contribution in [2.45, 2.75) is 31.7 Å². The van der Waals surface area contributed by atoms with E-state index < -0.39 is 0 Å². The van der Waals surface area contributed by atoms with Gasteiger partial charge in [0.1, 0.15) is 5.82 Å². The summed E-state index contributed by atoms with van der Waals surface area (Å²) >= 11 is 5.91. The number of aromatic amines is 1. The second kappa shape index (κ2) is 5.30. The number of halogens is 1. The molecule has 0 radical (unpaired) electrons. The van der Waals surface area contributed by atoms with Gasteiger partial charge in [-0.3, -0.25) is 5.10 Å². The van der Waals surface area contributed by atoms with E-state index in [9.17, 15) is 5.11 Å². The van der Waals surface area contributed by atoms with Crippen LogP contribution in [0.4, 0.5) is 5.82 Å². The van der Waals surface area contributed by atoms with Crippen molar-refractivity contribution in [1.82, 2.24) is 20.2 Å². The van der Waals surface area contributed by atoms with E-state index in [0.29, 0.717) is 11.5 Å². The highest BCUT2D eigenvalue weighted by Gasteiger charge is 2.25. The van der Waals surface area contributed by atoms with Gasteiger partial charge in [0, 0.05) is 18.6 Å². The number of H-pyrrole nitrogens is 1. The minimum atomic E-state index is 0.190. The van der Waals surface area contributed by atoms with E-state index in [1.807, 2.05) is 0 Å². The third kappa shape index (κ3) is 2.50. The standard InChI is InChI=1S/C12H16ClN5O/c13-12-16-10(8-5-14-18-11(8)17-12)15-9-4-2-1-3-7(9)6-19/h5,7,9,19H,1-4,6H2,(H2,14,15,16,17,18). The monoisotopic (exact) mass is 281 g/mol. The molecule has 0 bridgehead atoms. The maximum Gasteiger partial charge on any atom is 0.226 e. The molecule has 3 N–H and O–H groups in total. The predicted octanol–water partition coefficient (Wildman–Crippen LogP) is 1.97. The van der Waals surface area contributed by atoms with Gasteiger partial charge < -0.3 is 10.4 Å². The zero-order valence-corrected chi connectivity index (χ0v) is 11.2. The maximum atomic E-state index is 9.45. The van der Waals surface area contributed by atoms with Gasteiger partial charge in [-0.15, -0.1) is 0 Å². The minimum absolute atomic E-state index is 0.190. The molecule has 1 fully saturated rings. The van der Waals surface area contributed by atoms with Crippen molar-refractivity contribution < 1.29 is 5.11 Å². The Kier molecular flexibility index (Phi) is 3.52. The molecule has 2 atom stereocenters. The van der Waals surface area contributed by atoms with Gasteiger partial charge in [0.25, 0.3) is 0 Å². The van der Waals surface area contributed by atoms with Crippen LogP contribution in [0.15, 0.2) is 6.20 Å². The lowest BCUT2D eigenvalue weighted by Gasteiger charge is -2.31. The van der Waals surface area contributed by atoms with Crippen LogP contribution in [0.2, 0.25) is 5.28 Å². The average molecular weight is 282 g/mol. The van der Waals surface area contributed by atoms with E-state index in [0.717, 1.165) is 18.2 Å². The summed E-state index contributed by atoms with van der Waals surface area (Å²) in [7, 11) is 0. The molecular weight excluding hydrogens is 266 g/mol. The fraction of sp³-hybridized carbons (Fsp3) is 0.583. The predicted molar refractivity (Wildman–Crippen MR) is 73.1 cm³/mol. The van der Waals surface area contributed by atoms with E-state index in [1.165, 1.54) is 12.8 Å². The number of fused-ring (bicyclic) bond motifs is 1. The first-order chi connectivity index (χ1) is 9.28. The summed E-state index contributed by atoms with van der Waals surface area (Å²) in [5.41, 5.74) is 0.624. The highest BCUT2D eigenvalue weighted by Crippen LogP contribution is 2.28. The molecule has 0 aromatic carbocycles. The fourth-order valence-electron chi connectivity index (χ4n) is 2.71. The van der Waals surface area contributed by atoms with Crippen molar-refractivity contribution in [3.63, 3.8) is 0 Å². The summed E-state index contributed by atoms with van der Waals surface area (Å²) in [6.45, 7) is 0.199. The van der Waals surface area contributed by atoms with E-state index in [2.05, 4.69) is 25.5 Å². The van der Waals surface area contributed by atoms with Crippen LogP contribution >= 0.6 is 11.6 Å². The van der Waals surface area contributed by atoms with Gasteiger partial charge in [-0.25, -0.2) is 0 Å². The number of aliphatic hydroxyl groups excluding tert-OH is 1. The number of aliphatic hydroxyl groups is 1. The Balaban J connectivity index is 1.89. The number of hydrogen-bond acceptors (Lipinski definition) is 5. The summed E-state index contributed by atoms with van der Waals surface area (Å²) in [6, 6.07) is 0.225. The zero-order valence-electron chi connectivity index (χ0n) is 10.4. The highest BCUT2D eigenvalue weighted by atomic mass is 35.5. The van der Waals surface area contributed by atoms with Gasteiger partial charge in [0.05, 0.1) is 11.6 Å². The Morgan fingerprint density at radius 2 is 2.21 bits per heavy atom. The quantitative estimate of drug-likeness (QED) is 0.749. The molecule has 0 spiro atoms. The molecule has 0 amide bonds. The number of aromatic nitrogens is 4. The van der Waals surface area contributed by atoms with Crippen molar-refractivity contribution >= 4 is 28.5 Å². The van der Waals surface area contributed by atoms with Crippen molar-refractivity contribution in [1.29, 1.82) is 0 Å². The molecule has 1 aliphatic rings. The molecule has 3 rings (SSSR count). The summed E-state index contributed by atoms with van der Waals surface area (Å²) < 4.78 is 0. The minimum Gasteiger partial charge on any atom is -0.396 e. The van der Waals surface area contributed by atoms with Gasteiger partial charge in [-0.2, -0.15) is 15.1 Å². The average Bonchev–Trinajstić information content (AvgIpc) is 2.87. The molecule has 0 aliphatic heterocycles. The first-order valence-corrected chi connectivity index (χ1v) is 6.89. The van der Waals surface area contributed by atoms with E-state index >= 15 is 0 Å².